The van der Waals surface area contributed by atoms with Crippen LogP contribution in [0.15, 0.2) is 12.3 Å². The summed E-state index contributed by atoms with van der Waals surface area (Å²) in [5, 5.41) is 10.3. The fraction of sp³-hybridized carbons (Fsp3) is 0.500. The van der Waals surface area contributed by atoms with Gasteiger partial charge in [0.25, 0.3) is 0 Å². The summed E-state index contributed by atoms with van der Waals surface area (Å²) in [5.41, 5.74) is 1.02. The topological polar surface area (TPSA) is 89.8 Å². The smallest absolute Gasteiger partial charge is 0.323 e. The van der Waals surface area contributed by atoms with Crippen LogP contribution in [0.3, 0.4) is 0 Å². The Hall–Kier alpha value is -2.38. The minimum Gasteiger partial charge on any atom is -0.464 e. The molecule has 0 atom stereocenters. The van der Waals surface area contributed by atoms with Crippen molar-refractivity contribution >= 4 is 11.9 Å². The van der Waals surface area contributed by atoms with Crippen molar-refractivity contribution in [3.63, 3.8) is 0 Å². The van der Waals surface area contributed by atoms with Crippen molar-refractivity contribution in [3.8, 4) is 6.01 Å². The molecule has 0 fully saturated rings. The molecule has 0 aromatic carbocycles. The Morgan fingerprint density at radius 1 is 1.25 bits per heavy atom. The lowest BCUT2D eigenvalue weighted by Crippen LogP contribution is -2.12. The minimum atomic E-state index is 0.312. The SMILES string of the molecule is CCOc1nc(NC)nc(NCCc2ccn(C)n2)n1. The third-order valence-electron chi connectivity index (χ3n) is 2.55. The van der Waals surface area contributed by atoms with Crippen LogP contribution in [-0.2, 0) is 13.5 Å². The lowest BCUT2D eigenvalue weighted by Gasteiger charge is -2.08. The summed E-state index contributed by atoms with van der Waals surface area (Å²) in [6.07, 6.45) is 2.72. The molecule has 0 aliphatic rings. The summed E-state index contributed by atoms with van der Waals surface area (Å²) in [5.74, 6) is 0.965. The van der Waals surface area contributed by atoms with E-state index in [9.17, 15) is 0 Å². The molecule has 2 rings (SSSR count). The van der Waals surface area contributed by atoms with Crippen molar-refractivity contribution in [1.82, 2.24) is 24.7 Å². The van der Waals surface area contributed by atoms with Gasteiger partial charge in [-0.25, -0.2) is 0 Å². The molecule has 0 spiro atoms. The summed E-state index contributed by atoms with van der Waals surface area (Å²) in [7, 11) is 3.65. The maximum Gasteiger partial charge on any atom is 0.323 e. The number of nitrogens with one attached hydrogen (secondary N) is 2. The van der Waals surface area contributed by atoms with Crippen LogP contribution in [0.1, 0.15) is 12.6 Å². The van der Waals surface area contributed by atoms with Crippen molar-refractivity contribution in [2.75, 3.05) is 30.8 Å². The number of anilines is 2. The van der Waals surface area contributed by atoms with Gasteiger partial charge in [0, 0.05) is 33.3 Å². The average molecular weight is 277 g/mol. The summed E-state index contributed by atoms with van der Waals surface area (Å²) in [4.78, 5) is 12.5. The van der Waals surface area contributed by atoms with E-state index in [1.54, 1.807) is 11.7 Å². The van der Waals surface area contributed by atoms with Crippen LogP contribution >= 0.6 is 0 Å². The van der Waals surface area contributed by atoms with Crippen LogP contribution in [0, 0.1) is 0 Å². The molecule has 0 unspecified atom stereocenters. The molecule has 2 aromatic heterocycles. The molecular formula is C12H19N7O. The summed E-state index contributed by atoms with van der Waals surface area (Å²) in [6, 6.07) is 2.30. The van der Waals surface area contributed by atoms with E-state index in [1.165, 1.54) is 0 Å². The van der Waals surface area contributed by atoms with E-state index in [4.69, 9.17) is 4.74 Å². The van der Waals surface area contributed by atoms with Crippen molar-refractivity contribution in [1.29, 1.82) is 0 Å². The van der Waals surface area contributed by atoms with E-state index in [-0.39, 0.29) is 0 Å². The zero-order chi connectivity index (χ0) is 14.4. The second-order valence-corrected chi connectivity index (χ2v) is 4.11. The fourth-order valence-electron chi connectivity index (χ4n) is 1.64. The van der Waals surface area contributed by atoms with Gasteiger partial charge in [-0.05, 0) is 13.0 Å². The van der Waals surface area contributed by atoms with Crippen molar-refractivity contribution in [3.05, 3.63) is 18.0 Å². The number of aryl methyl sites for hydroxylation is 1. The first-order chi connectivity index (χ1) is 9.71. The lowest BCUT2D eigenvalue weighted by atomic mass is 10.3. The number of ether oxygens (including phenoxy) is 1. The Morgan fingerprint density at radius 2 is 2.05 bits per heavy atom. The zero-order valence-corrected chi connectivity index (χ0v) is 11.9. The van der Waals surface area contributed by atoms with Crippen LogP contribution in [-0.4, -0.2) is 44.9 Å². The van der Waals surface area contributed by atoms with E-state index in [2.05, 4.69) is 30.7 Å². The average Bonchev–Trinajstić information content (AvgIpc) is 2.84. The Morgan fingerprint density at radius 3 is 2.70 bits per heavy atom. The fourth-order valence-corrected chi connectivity index (χ4v) is 1.64. The minimum absolute atomic E-state index is 0.312. The summed E-state index contributed by atoms with van der Waals surface area (Å²) < 4.78 is 7.08. The highest BCUT2D eigenvalue weighted by molar-refractivity contribution is 5.35. The molecule has 0 bridgehead atoms. The molecule has 20 heavy (non-hydrogen) atoms. The third kappa shape index (κ3) is 3.81. The third-order valence-corrected chi connectivity index (χ3v) is 2.55. The van der Waals surface area contributed by atoms with E-state index in [1.807, 2.05) is 26.2 Å². The second kappa shape index (κ2) is 6.69. The predicted molar refractivity (Wildman–Crippen MR) is 75.9 cm³/mol. The van der Waals surface area contributed by atoms with Crippen LogP contribution < -0.4 is 15.4 Å². The Balaban J connectivity index is 1.95. The maximum atomic E-state index is 5.30. The molecule has 8 heteroatoms. The number of rotatable bonds is 7. The highest BCUT2D eigenvalue weighted by atomic mass is 16.5. The molecule has 108 valence electrons. The lowest BCUT2D eigenvalue weighted by molar-refractivity contribution is 0.312. The highest BCUT2D eigenvalue weighted by Crippen LogP contribution is 2.10. The molecule has 0 saturated carbocycles. The van der Waals surface area contributed by atoms with Crippen LogP contribution in [0.5, 0.6) is 6.01 Å². The Kier molecular flexibility index (Phi) is 4.70. The second-order valence-electron chi connectivity index (χ2n) is 4.11. The van der Waals surface area contributed by atoms with Crippen molar-refractivity contribution in [2.24, 2.45) is 7.05 Å². The number of hydrogen-bond donors (Lipinski definition) is 2. The highest BCUT2D eigenvalue weighted by Gasteiger charge is 2.06. The normalized spacial score (nSPS) is 10.3. The van der Waals surface area contributed by atoms with E-state index in [0.29, 0.717) is 31.1 Å². The zero-order valence-electron chi connectivity index (χ0n) is 11.9. The van der Waals surface area contributed by atoms with Crippen LogP contribution in [0.25, 0.3) is 0 Å². The Labute approximate surface area is 117 Å². The molecule has 0 saturated heterocycles. The quantitative estimate of drug-likeness (QED) is 0.770. The molecule has 2 N–H and O–H groups in total. The van der Waals surface area contributed by atoms with Gasteiger partial charge in [0.15, 0.2) is 0 Å². The van der Waals surface area contributed by atoms with Gasteiger partial charge in [-0.2, -0.15) is 20.1 Å². The number of aromatic nitrogens is 5. The molecule has 0 aliphatic heterocycles. The maximum absolute atomic E-state index is 5.30. The molecule has 2 heterocycles. The Bertz CT molecular complexity index is 554. The summed E-state index contributed by atoms with van der Waals surface area (Å²) >= 11 is 0. The van der Waals surface area contributed by atoms with Gasteiger partial charge in [-0.15, -0.1) is 0 Å². The molecule has 0 aliphatic carbocycles. The molecular weight excluding hydrogens is 258 g/mol. The van der Waals surface area contributed by atoms with Gasteiger partial charge in [0.2, 0.25) is 11.9 Å². The van der Waals surface area contributed by atoms with Crippen molar-refractivity contribution < 1.29 is 4.74 Å². The first-order valence-electron chi connectivity index (χ1n) is 6.50. The largest absolute Gasteiger partial charge is 0.464 e. The first-order valence-corrected chi connectivity index (χ1v) is 6.50. The van der Waals surface area contributed by atoms with Crippen molar-refractivity contribution in [2.45, 2.75) is 13.3 Å². The van der Waals surface area contributed by atoms with Crippen LogP contribution in [0.2, 0.25) is 0 Å². The molecule has 0 radical (unpaired) electrons. The summed E-state index contributed by atoms with van der Waals surface area (Å²) in [6.45, 7) is 3.09. The van der Waals surface area contributed by atoms with Gasteiger partial charge in [-0.3, -0.25) is 4.68 Å². The van der Waals surface area contributed by atoms with Gasteiger partial charge in [0.1, 0.15) is 0 Å². The van der Waals surface area contributed by atoms with Gasteiger partial charge in [0.05, 0.1) is 12.3 Å². The monoisotopic (exact) mass is 277 g/mol. The molecule has 0 amide bonds. The number of nitrogens with zero attached hydrogens (tertiary/aromatic N) is 5. The molecule has 2 aromatic rings. The standard InChI is InChI=1S/C12H19N7O/c1-4-20-12-16-10(13-2)15-11(17-12)14-7-5-9-6-8-19(3)18-9/h6,8H,4-5,7H2,1-3H3,(H2,13,14,15,16,17). The predicted octanol–water partition coefficient (Wildman–Crippen LogP) is 0.700. The van der Waals surface area contributed by atoms with Gasteiger partial charge in [-0.1, -0.05) is 0 Å². The van der Waals surface area contributed by atoms with Gasteiger partial charge < -0.3 is 15.4 Å². The van der Waals surface area contributed by atoms with E-state index >= 15 is 0 Å². The van der Waals surface area contributed by atoms with E-state index in [0.717, 1.165) is 12.1 Å². The van der Waals surface area contributed by atoms with E-state index < -0.39 is 0 Å². The van der Waals surface area contributed by atoms with Crippen LogP contribution in [0.4, 0.5) is 11.9 Å². The number of hydrogen-bond acceptors (Lipinski definition) is 7. The first kappa shape index (κ1) is 14.0. The van der Waals surface area contributed by atoms with Gasteiger partial charge >= 0.3 is 6.01 Å². The molecule has 8 nitrogen and oxygen atoms in total.